The second kappa shape index (κ2) is 7.73. The summed E-state index contributed by atoms with van der Waals surface area (Å²) in [6.45, 7) is 7.74. The molecule has 1 saturated carbocycles. The third kappa shape index (κ3) is 6.20. The minimum Gasteiger partial charge on any atom is -0.392 e. The van der Waals surface area contributed by atoms with Crippen molar-refractivity contribution in [3.05, 3.63) is 0 Å². The number of alkyl halides is 3. The SMILES string of the molecule is CC(C)C(O)C(C)(C)CNC(=O)NC1CCCC(C(F)(F)F)C1. The van der Waals surface area contributed by atoms with Crippen LogP contribution in [0.3, 0.4) is 0 Å². The van der Waals surface area contributed by atoms with Crippen molar-refractivity contribution >= 4 is 6.03 Å². The standard InChI is InChI=1S/C16H29F3N2O2/c1-10(2)13(22)15(3,4)9-20-14(23)21-12-7-5-6-11(8-12)16(17,18)19/h10-13,22H,5-9H2,1-4H3,(H2,20,21,23). The van der Waals surface area contributed by atoms with Gasteiger partial charge in [-0.15, -0.1) is 0 Å². The summed E-state index contributed by atoms with van der Waals surface area (Å²) in [7, 11) is 0. The fourth-order valence-electron chi connectivity index (χ4n) is 3.17. The number of nitrogens with one attached hydrogen (secondary N) is 2. The molecule has 1 aliphatic rings. The number of hydrogen-bond donors (Lipinski definition) is 3. The fourth-order valence-corrected chi connectivity index (χ4v) is 3.17. The van der Waals surface area contributed by atoms with Crippen LogP contribution >= 0.6 is 0 Å². The first-order valence-corrected chi connectivity index (χ1v) is 8.22. The number of hydrogen-bond acceptors (Lipinski definition) is 2. The van der Waals surface area contributed by atoms with Gasteiger partial charge in [0.05, 0.1) is 12.0 Å². The van der Waals surface area contributed by atoms with Gasteiger partial charge in [0.1, 0.15) is 0 Å². The van der Waals surface area contributed by atoms with Gasteiger partial charge in [-0.1, -0.05) is 34.1 Å². The molecule has 0 saturated heterocycles. The molecule has 23 heavy (non-hydrogen) atoms. The number of urea groups is 1. The lowest BCUT2D eigenvalue weighted by atomic mass is 9.81. The molecule has 0 aliphatic heterocycles. The molecule has 2 amide bonds. The normalized spacial score (nSPS) is 24.4. The maximum absolute atomic E-state index is 12.8. The molecule has 3 atom stereocenters. The summed E-state index contributed by atoms with van der Waals surface area (Å²) in [4.78, 5) is 11.9. The largest absolute Gasteiger partial charge is 0.392 e. The molecule has 1 fully saturated rings. The van der Waals surface area contributed by atoms with Crippen molar-refractivity contribution in [1.82, 2.24) is 10.6 Å². The van der Waals surface area contributed by atoms with Crippen molar-refractivity contribution in [2.24, 2.45) is 17.3 Å². The number of carbonyl (C=O) groups is 1. The maximum atomic E-state index is 12.8. The van der Waals surface area contributed by atoms with Crippen LogP contribution in [0.2, 0.25) is 0 Å². The van der Waals surface area contributed by atoms with Gasteiger partial charge in [0.25, 0.3) is 0 Å². The van der Waals surface area contributed by atoms with E-state index in [2.05, 4.69) is 10.6 Å². The number of aliphatic hydroxyl groups excluding tert-OH is 1. The third-order valence-electron chi connectivity index (χ3n) is 4.61. The molecule has 0 heterocycles. The van der Waals surface area contributed by atoms with Crippen LogP contribution in [0.4, 0.5) is 18.0 Å². The van der Waals surface area contributed by atoms with Gasteiger partial charge in [-0.05, 0) is 25.2 Å². The van der Waals surface area contributed by atoms with Crippen molar-refractivity contribution in [2.45, 2.75) is 71.7 Å². The van der Waals surface area contributed by atoms with Gasteiger partial charge in [0.2, 0.25) is 0 Å². The number of aliphatic hydroxyl groups is 1. The highest BCUT2D eigenvalue weighted by atomic mass is 19.4. The monoisotopic (exact) mass is 338 g/mol. The van der Waals surface area contributed by atoms with Crippen LogP contribution in [-0.4, -0.2) is 36.0 Å². The van der Waals surface area contributed by atoms with Gasteiger partial charge in [-0.25, -0.2) is 4.79 Å². The summed E-state index contributed by atoms with van der Waals surface area (Å²) < 4.78 is 38.3. The zero-order valence-electron chi connectivity index (χ0n) is 14.3. The Hall–Kier alpha value is -0.980. The zero-order chi connectivity index (χ0) is 17.8. The molecule has 136 valence electrons. The Morgan fingerprint density at radius 3 is 2.39 bits per heavy atom. The second-order valence-corrected chi connectivity index (χ2v) is 7.61. The summed E-state index contributed by atoms with van der Waals surface area (Å²) in [5, 5.41) is 15.4. The van der Waals surface area contributed by atoms with E-state index in [1.54, 1.807) is 0 Å². The smallest absolute Gasteiger partial charge is 0.391 e. The molecule has 3 N–H and O–H groups in total. The second-order valence-electron chi connectivity index (χ2n) is 7.61. The van der Waals surface area contributed by atoms with Crippen molar-refractivity contribution in [1.29, 1.82) is 0 Å². The average molecular weight is 338 g/mol. The number of halogens is 3. The minimum atomic E-state index is -4.19. The number of rotatable bonds is 5. The molecule has 7 heteroatoms. The summed E-state index contributed by atoms with van der Waals surface area (Å²) >= 11 is 0. The molecule has 1 aliphatic carbocycles. The van der Waals surface area contributed by atoms with Gasteiger partial charge < -0.3 is 15.7 Å². The summed E-state index contributed by atoms with van der Waals surface area (Å²) in [5.74, 6) is -1.28. The van der Waals surface area contributed by atoms with E-state index in [1.807, 2.05) is 27.7 Å². The highest BCUT2D eigenvalue weighted by Gasteiger charge is 2.42. The average Bonchev–Trinajstić information content (AvgIpc) is 2.43. The molecule has 0 aromatic carbocycles. The van der Waals surface area contributed by atoms with Gasteiger partial charge in [0, 0.05) is 18.0 Å². The quantitative estimate of drug-likeness (QED) is 0.719. The Labute approximate surface area is 136 Å². The van der Waals surface area contributed by atoms with Gasteiger partial charge >= 0.3 is 12.2 Å². The lowest BCUT2D eigenvalue weighted by Crippen LogP contribution is -2.50. The molecule has 0 aromatic rings. The van der Waals surface area contributed by atoms with Crippen molar-refractivity contribution < 1.29 is 23.1 Å². The lowest BCUT2D eigenvalue weighted by molar-refractivity contribution is -0.183. The van der Waals surface area contributed by atoms with E-state index in [-0.39, 0.29) is 25.3 Å². The Balaban J connectivity index is 2.45. The highest BCUT2D eigenvalue weighted by Crippen LogP contribution is 2.37. The molecule has 4 nitrogen and oxygen atoms in total. The maximum Gasteiger partial charge on any atom is 0.391 e. The first-order chi connectivity index (χ1) is 10.4. The number of amides is 2. The predicted molar refractivity (Wildman–Crippen MR) is 83.0 cm³/mol. The Bertz CT molecular complexity index is 397. The first-order valence-electron chi connectivity index (χ1n) is 8.22. The van der Waals surface area contributed by atoms with Crippen molar-refractivity contribution in [2.75, 3.05) is 6.54 Å². The van der Waals surface area contributed by atoms with Gasteiger partial charge in [-0.2, -0.15) is 13.2 Å². The predicted octanol–water partition coefficient (Wildman–Crippen LogP) is 3.45. The summed E-state index contributed by atoms with van der Waals surface area (Å²) in [5.41, 5.74) is -0.507. The molecule has 0 aromatic heterocycles. The zero-order valence-corrected chi connectivity index (χ0v) is 14.3. The van der Waals surface area contributed by atoms with E-state index in [9.17, 15) is 23.1 Å². The Morgan fingerprint density at radius 2 is 1.87 bits per heavy atom. The van der Waals surface area contributed by atoms with E-state index in [0.29, 0.717) is 12.8 Å². The highest BCUT2D eigenvalue weighted by molar-refractivity contribution is 5.74. The molecule has 0 bridgehead atoms. The Kier molecular flexibility index (Phi) is 6.74. The number of carbonyl (C=O) groups excluding carboxylic acids is 1. The van der Waals surface area contributed by atoms with Crippen LogP contribution < -0.4 is 10.6 Å². The van der Waals surface area contributed by atoms with E-state index >= 15 is 0 Å². The minimum absolute atomic E-state index is 0.0562. The van der Waals surface area contributed by atoms with Gasteiger partial charge in [0.15, 0.2) is 0 Å². The van der Waals surface area contributed by atoms with Crippen LogP contribution in [0, 0.1) is 17.3 Å². The molecule has 3 unspecified atom stereocenters. The lowest BCUT2D eigenvalue weighted by Gasteiger charge is -2.34. The molecule has 0 radical (unpaired) electrons. The topological polar surface area (TPSA) is 61.4 Å². The summed E-state index contributed by atoms with van der Waals surface area (Å²) in [6.07, 6.45) is -3.66. The first kappa shape index (κ1) is 20.1. The molecular weight excluding hydrogens is 309 g/mol. The van der Waals surface area contributed by atoms with Crippen molar-refractivity contribution in [3.8, 4) is 0 Å². The van der Waals surface area contributed by atoms with E-state index in [1.165, 1.54) is 0 Å². The van der Waals surface area contributed by atoms with E-state index in [4.69, 9.17) is 0 Å². The fraction of sp³-hybridized carbons (Fsp3) is 0.938. The van der Waals surface area contributed by atoms with Crippen molar-refractivity contribution in [3.63, 3.8) is 0 Å². The van der Waals surface area contributed by atoms with Crippen LogP contribution in [0.25, 0.3) is 0 Å². The molecule has 1 rings (SSSR count). The van der Waals surface area contributed by atoms with Crippen LogP contribution in [-0.2, 0) is 0 Å². The molecule has 0 spiro atoms. The van der Waals surface area contributed by atoms with Crippen LogP contribution in [0.15, 0.2) is 0 Å². The molecular formula is C16H29F3N2O2. The van der Waals surface area contributed by atoms with E-state index in [0.717, 1.165) is 0 Å². The Morgan fingerprint density at radius 1 is 1.26 bits per heavy atom. The van der Waals surface area contributed by atoms with Gasteiger partial charge in [-0.3, -0.25) is 0 Å². The van der Waals surface area contributed by atoms with E-state index < -0.39 is 35.7 Å². The summed E-state index contributed by atoms with van der Waals surface area (Å²) in [6, 6.07) is -0.921. The third-order valence-corrected chi connectivity index (χ3v) is 4.61. The van der Waals surface area contributed by atoms with Crippen LogP contribution in [0.1, 0.15) is 53.4 Å². The van der Waals surface area contributed by atoms with Crippen LogP contribution in [0.5, 0.6) is 0 Å².